The molecule has 5 nitrogen and oxygen atoms in total. The molecule has 0 aliphatic carbocycles. The van der Waals surface area contributed by atoms with Gasteiger partial charge in [-0.1, -0.05) is 12.1 Å². The van der Waals surface area contributed by atoms with Crippen LogP contribution in [0.3, 0.4) is 0 Å². The minimum Gasteiger partial charge on any atom is -0.461 e. The maximum absolute atomic E-state index is 12.7. The Kier molecular flexibility index (Phi) is 2.97. The Hall–Kier alpha value is -2.63. The smallest absolute Gasteiger partial charge is 0.242 e. The minimum absolute atomic E-state index is 0.248. The summed E-state index contributed by atoms with van der Waals surface area (Å²) in [6.07, 6.45) is 1.57. The third kappa shape index (κ3) is 2.62. The molecule has 0 atom stereocenters. The molecule has 0 bridgehead atoms. The first kappa shape index (κ1) is 11.5. The van der Waals surface area contributed by atoms with Crippen LogP contribution in [0.4, 0.5) is 10.3 Å². The fourth-order valence-electron chi connectivity index (χ4n) is 1.65. The average Bonchev–Trinajstić information content (AvgIpc) is 3.09. The van der Waals surface area contributed by atoms with Gasteiger partial charge in [0.05, 0.1) is 6.26 Å². The molecule has 0 aliphatic heterocycles. The standard InChI is InChI=1S/C13H11FN4O/c14-10-5-3-9(4-6-10)8-15-13-16-12(17-18-13)11-2-1-7-19-11/h1-7H,8H2,(H2,15,16,17,18). The molecule has 1 aromatic carbocycles. The molecule has 2 heterocycles. The van der Waals surface area contributed by atoms with E-state index in [-0.39, 0.29) is 5.82 Å². The zero-order valence-corrected chi connectivity index (χ0v) is 9.93. The Balaban J connectivity index is 1.66. The van der Waals surface area contributed by atoms with Crippen molar-refractivity contribution in [2.24, 2.45) is 0 Å². The molecule has 0 amide bonds. The van der Waals surface area contributed by atoms with Gasteiger partial charge in [-0.05, 0) is 29.8 Å². The molecule has 0 saturated carbocycles. The molecule has 0 saturated heterocycles. The lowest BCUT2D eigenvalue weighted by Gasteiger charge is -2.01. The molecular formula is C13H11FN4O. The summed E-state index contributed by atoms with van der Waals surface area (Å²) in [5.74, 6) is 1.41. The van der Waals surface area contributed by atoms with Crippen LogP contribution < -0.4 is 5.32 Å². The van der Waals surface area contributed by atoms with Crippen LogP contribution in [0.25, 0.3) is 11.6 Å². The molecule has 19 heavy (non-hydrogen) atoms. The number of H-pyrrole nitrogens is 1. The summed E-state index contributed by atoms with van der Waals surface area (Å²) >= 11 is 0. The van der Waals surface area contributed by atoms with E-state index in [0.717, 1.165) is 5.56 Å². The van der Waals surface area contributed by atoms with Crippen LogP contribution in [0.15, 0.2) is 47.1 Å². The van der Waals surface area contributed by atoms with Crippen molar-refractivity contribution in [3.8, 4) is 11.6 Å². The summed E-state index contributed by atoms with van der Waals surface area (Å²) in [7, 11) is 0. The van der Waals surface area contributed by atoms with E-state index >= 15 is 0 Å². The number of halogens is 1. The highest BCUT2D eigenvalue weighted by Gasteiger charge is 2.07. The van der Waals surface area contributed by atoms with Crippen LogP contribution in [0, 0.1) is 5.82 Å². The number of hydrogen-bond donors (Lipinski definition) is 2. The van der Waals surface area contributed by atoms with Crippen molar-refractivity contribution in [2.45, 2.75) is 6.54 Å². The SMILES string of the molecule is Fc1ccc(CNc2n[nH]c(-c3ccco3)n2)cc1. The van der Waals surface area contributed by atoms with Crippen LogP contribution in [0.2, 0.25) is 0 Å². The molecule has 2 N–H and O–H groups in total. The summed E-state index contributed by atoms with van der Waals surface area (Å²) in [6, 6.07) is 9.84. The molecule has 0 fully saturated rings. The van der Waals surface area contributed by atoms with Gasteiger partial charge in [-0.2, -0.15) is 4.98 Å². The molecule has 2 aromatic heterocycles. The van der Waals surface area contributed by atoms with Crippen molar-refractivity contribution in [1.82, 2.24) is 15.2 Å². The van der Waals surface area contributed by atoms with E-state index < -0.39 is 0 Å². The van der Waals surface area contributed by atoms with Crippen LogP contribution in [0.1, 0.15) is 5.56 Å². The zero-order valence-electron chi connectivity index (χ0n) is 9.93. The van der Waals surface area contributed by atoms with Gasteiger partial charge < -0.3 is 9.73 Å². The Morgan fingerprint density at radius 3 is 2.79 bits per heavy atom. The van der Waals surface area contributed by atoms with Gasteiger partial charge in [-0.3, -0.25) is 5.10 Å². The lowest BCUT2D eigenvalue weighted by molar-refractivity contribution is 0.577. The van der Waals surface area contributed by atoms with Crippen molar-refractivity contribution in [3.05, 3.63) is 54.0 Å². The first-order valence-electron chi connectivity index (χ1n) is 5.76. The van der Waals surface area contributed by atoms with Crippen LogP contribution in [0.5, 0.6) is 0 Å². The number of furan rings is 1. The van der Waals surface area contributed by atoms with E-state index in [1.165, 1.54) is 12.1 Å². The zero-order chi connectivity index (χ0) is 13.1. The number of hydrogen-bond acceptors (Lipinski definition) is 4. The molecule has 3 aromatic rings. The second-order valence-corrected chi connectivity index (χ2v) is 3.96. The summed E-state index contributed by atoms with van der Waals surface area (Å²) in [4.78, 5) is 4.24. The maximum Gasteiger partial charge on any atom is 0.242 e. The maximum atomic E-state index is 12.7. The third-order valence-electron chi connectivity index (χ3n) is 2.60. The summed E-state index contributed by atoms with van der Waals surface area (Å²) < 4.78 is 18.0. The lowest BCUT2D eigenvalue weighted by atomic mass is 10.2. The molecule has 0 unspecified atom stereocenters. The number of nitrogens with zero attached hydrogens (tertiary/aromatic N) is 2. The topological polar surface area (TPSA) is 66.7 Å². The van der Waals surface area contributed by atoms with Gasteiger partial charge >= 0.3 is 0 Å². The van der Waals surface area contributed by atoms with E-state index in [1.54, 1.807) is 30.5 Å². The second-order valence-electron chi connectivity index (χ2n) is 3.96. The van der Waals surface area contributed by atoms with Gasteiger partial charge in [0, 0.05) is 6.54 Å². The Bertz CT molecular complexity index is 646. The van der Waals surface area contributed by atoms with E-state index in [0.29, 0.717) is 24.1 Å². The number of anilines is 1. The first-order chi connectivity index (χ1) is 9.31. The number of aromatic nitrogens is 3. The van der Waals surface area contributed by atoms with E-state index in [1.807, 2.05) is 0 Å². The van der Waals surface area contributed by atoms with Gasteiger partial charge in [0.25, 0.3) is 0 Å². The Labute approximate surface area is 108 Å². The lowest BCUT2D eigenvalue weighted by Crippen LogP contribution is -2.00. The number of rotatable bonds is 4. The first-order valence-corrected chi connectivity index (χ1v) is 5.76. The molecule has 96 valence electrons. The van der Waals surface area contributed by atoms with Gasteiger partial charge in [-0.15, -0.1) is 5.10 Å². The highest BCUT2D eigenvalue weighted by molar-refractivity contribution is 5.48. The van der Waals surface area contributed by atoms with Crippen LogP contribution in [-0.4, -0.2) is 15.2 Å². The monoisotopic (exact) mass is 258 g/mol. The van der Waals surface area contributed by atoms with Crippen molar-refractivity contribution < 1.29 is 8.81 Å². The molecule has 0 radical (unpaired) electrons. The Morgan fingerprint density at radius 2 is 2.05 bits per heavy atom. The van der Waals surface area contributed by atoms with Crippen molar-refractivity contribution in [1.29, 1.82) is 0 Å². The average molecular weight is 258 g/mol. The minimum atomic E-state index is -0.248. The quantitative estimate of drug-likeness (QED) is 0.755. The summed E-state index contributed by atoms with van der Waals surface area (Å²) in [6.45, 7) is 0.524. The predicted octanol–water partition coefficient (Wildman–Crippen LogP) is 2.82. The number of benzene rings is 1. The molecule has 3 rings (SSSR count). The molecule has 6 heteroatoms. The summed E-state index contributed by atoms with van der Waals surface area (Å²) in [5.41, 5.74) is 0.950. The fraction of sp³-hybridized carbons (Fsp3) is 0.0769. The van der Waals surface area contributed by atoms with Crippen LogP contribution in [-0.2, 0) is 6.54 Å². The highest BCUT2D eigenvalue weighted by atomic mass is 19.1. The second kappa shape index (κ2) is 4.93. The van der Waals surface area contributed by atoms with Gasteiger partial charge in [-0.25, -0.2) is 4.39 Å². The van der Waals surface area contributed by atoms with Crippen LogP contribution >= 0.6 is 0 Å². The van der Waals surface area contributed by atoms with E-state index in [9.17, 15) is 4.39 Å². The number of nitrogens with one attached hydrogen (secondary N) is 2. The third-order valence-corrected chi connectivity index (χ3v) is 2.60. The highest BCUT2D eigenvalue weighted by Crippen LogP contribution is 2.16. The van der Waals surface area contributed by atoms with E-state index in [2.05, 4.69) is 20.5 Å². The fourth-order valence-corrected chi connectivity index (χ4v) is 1.65. The normalized spacial score (nSPS) is 10.6. The van der Waals surface area contributed by atoms with Gasteiger partial charge in [0.1, 0.15) is 5.82 Å². The largest absolute Gasteiger partial charge is 0.461 e. The Morgan fingerprint density at radius 1 is 1.21 bits per heavy atom. The molecule has 0 spiro atoms. The van der Waals surface area contributed by atoms with Crippen molar-refractivity contribution in [2.75, 3.05) is 5.32 Å². The van der Waals surface area contributed by atoms with Crippen molar-refractivity contribution in [3.63, 3.8) is 0 Å². The van der Waals surface area contributed by atoms with E-state index in [4.69, 9.17) is 4.42 Å². The van der Waals surface area contributed by atoms with Gasteiger partial charge in [0.2, 0.25) is 5.95 Å². The van der Waals surface area contributed by atoms with Crippen molar-refractivity contribution >= 4 is 5.95 Å². The molecular weight excluding hydrogens is 247 g/mol. The molecule has 0 aliphatic rings. The number of aromatic amines is 1. The summed E-state index contributed by atoms with van der Waals surface area (Å²) in [5, 5.41) is 9.84. The predicted molar refractivity (Wildman–Crippen MR) is 67.8 cm³/mol. The van der Waals surface area contributed by atoms with Gasteiger partial charge in [0.15, 0.2) is 11.6 Å².